The molecule has 0 heterocycles. The quantitative estimate of drug-likeness (QED) is 0.0490. The van der Waals surface area contributed by atoms with Gasteiger partial charge in [-0.2, -0.15) is 0 Å². The molecule has 0 saturated heterocycles. The van der Waals surface area contributed by atoms with E-state index in [2.05, 4.69) is 6.92 Å². The van der Waals surface area contributed by atoms with Crippen molar-refractivity contribution in [1.82, 2.24) is 0 Å². The van der Waals surface area contributed by atoms with Gasteiger partial charge >= 0.3 is 23.9 Å². The SMILES string of the molecule is CCCCCCCCCCOc1ccc(C(=O)Oc2ccc(C(=O)Oc3cccc(C(=O)Oc4ccc(C(=O)Oc5ccc(Cl)cc5)cc4)c3)cc2)cc1. The Labute approximate surface area is 319 Å². The summed E-state index contributed by atoms with van der Waals surface area (Å²) in [5, 5.41) is 0.518. The van der Waals surface area contributed by atoms with Crippen LogP contribution in [0.3, 0.4) is 0 Å². The molecule has 5 rings (SSSR count). The molecule has 0 aliphatic heterocycles. The van der Waals surface area contributed by atoms with E-state index >= 15 is 0 Å². The van der Waals surface area contributed by atoms with Gasteiger partial charge in [-0.25, -0.2) is 19.2 Å². The van der Waals surface area contributed by atoms with Crippen molar-refractivity contribution in [3.63, 3.8) is 0 Å². The molecule has 54 heavy (non-hydrogen) atoms. The number of rotatable bonds is 18. The van der Waals surface area contributed by atoms with Crippen LogP contribution in [0.2, 0.25) is 5.02 Å². The van der Waals surface area contributed by atoms with Crippen molar-refractivity contribution in [1.29, 1.82) is 0 Å². The molecule has 5 aromatic rings. The molecule has 0 saturated carbocycles. The summed E-state index contributed by atoms with van der Waals surface area (Å²) in [6.45, 7) is 2.86. The van der Waals surface area contributed by atoms with Crippen LogP contribution in [-0.4, -0.2) is 30.5 Å². The summed E-state index contributed by atoms with van der Waals surface area (Å²) in [5.41, 5.74) is 0.959. The van der Waals surface area contributed by atoms with E-state index in [-0.39, 0.29) is 33.9 Å². The van der Waals surface area contributed by atoms with Gasteiger partial charge in [-0.05, 0) is 122 Å². The van der Waals surface area contributed by atoms with Crippen LogP contribution in [0, 0.1) is 0 Å². The lowest BCUT2D eigenvalue weighted by Crippen LogP contribution is -2.12. The molecule has 278 valence electrons. The molecule has 10 heteroatoms. The van der Waals surface area contributed by atoms with Crippen molar-refractivity contribution in [2.75, 3.05) is 6.61 Å². The van der Waals surface area contributed by atoms with Crippen LogP contribution in [0.15, 0.2) is 121 Å². The van der Waals surface area contributed by atoms with Crippen molar-refractivity contribution in [3.8, 4) is 28.7 Å². The van der Waals surface area contributed by atoms with Crippen LogP contribution < -0.4 is 23.7 Å². The van der Waals surface area contributed by atoms with Crippen LogP contribution in [-0.2, 0) is 0 Å². The Morgan fingerprint density at radius 3 is 1.30 bits per heavy atom. The molecule has 9 nitrogen and oxygen atoms in total. The van der Waals surface area contributed by atoms with Gasteiger partial charge in [0.25, 0.3) is 0 Å². The summed E-state index contributed by atoms with van der Waals surface area (Å²) >= 11 is 5.86. The van der Waals surface area contributed by atoms with Crippen molar-refractivity contribution >= 4 is 35.5 Å². The summed E-state index contributed by atoms with van der Waals surface area (Å²) in [5.74, 6) is -0.904. The number of benzene rings is 5. The van der Waals surface area contributed by atoms with Gasteiger partial charge in [-0.15, -0.1) is 0 Å². The number of unbranched alkanes of at least 4 members (excludes halogenated alkanes) is 7. The lowest BCUT2D eigenvalue weighted by atomic mass is 10.1. The average Bonchev–Trinajstić information content (AvgIpc) is 3.19. The predicted octanol–water partition coefficient (Wildman–Crippen LogP) is 10.7. The molecule has 0 aliphatic carbocycles. The first-order valence-electron chi connectivity index (χ1n) is 17.9. The first-order chi connectivity index (χ1) is 26.3. The second-order valence-electron chi connectivity index (χ2n) is 12.4. The van der Waals surface area contributed by atoms with E-state index < -0.39 is 23.9 Å². The minimum atomic E-state index is -0.698. The number of carbonyl (C=O) groups is 4. The highest BCUT2D eigenvalue weighted by Gasteiger charge is 2.16. The molecular weight excluding hydrogens is 708 g/mol. The normalized spacial score (nSPS) is 10.6. The third-order valence-corrected chi connectivity index (χ3v) is 8.51. The highest BCUT2D eigenvalue weighted by atomic mass is 35.5. The van der Waals surface area contributed by atoms with Crippen molar-refractivity contribution in [3.05, 3.63) is 149 Å². The van der Waals surface area contributed by atoms with E-state index in [9.17, 15) is 19.2 Å². The summed E-state index contributed by atoms with van der Waals surface area (Å²) < 4.78 is 27.5. The Morgan fingerprint density at radius 2 is 0.815 bits per heavy atom. The van der Waals surface area contributed by atoms with E-state index in [0.29, 0.717) is 28.7 Å². The predicted molar refractivity (Wildman–Crippen MR) is 205 cm³/mol. The molecule has 0 spiro atoms. The van der Waals surface area contributed by atoms with Gasteiger partial charge in [0, 0.05) is 5.02 Å². The lowest BCUT2D eigenvalue weighted by Gasteiger charge is -2.09. The summed E-state index contributed by atoms with van der Waals surface area (Å²) in [6, 6.07) is 30.9. The van der Waals surface area contributed by atoms with Crippen LogP contribution in [0.5, 0.6) is 28.7 Å². The lowest BCUT2D eigenvalue weighted by molar-refractivity contribution is 0.0712. The zero-order valence-corrected chi connectivity index (χ0v) is 30.7. The minimum Gasteiger partial charge on any atom is -0.494 e. The molecule has 0 bridgehead atoms. The highest BCUT2D eigenvalue weighted by molar-refractivity contribution is 6.30. The third kappa shape index (κ3) is 12.3. The average molecular weight is 749 g/mol. The van der Waals surface area contributed by atoms with Crippen molar-refractivity contribution in [2.24, 2.45) is 0 Å². The van der Waals surface area contributed by atoms with Gasteiger partial charge in [0.1, 0.15) is 28.7 Å². The third-order valence-electron chi connectivity index (χ3n) is 8.26. The fourth-order valence-corrected chi connectivity index (χ4v) is 5.41. The minimum absolute atomic E-state index is 0.121. The van der Waals surface area contributed by atoms with Crippen LogP contribution in [0.1, 0.15) is 99.7 Å². The Bertz CT molecular complexity index is 1990. The standard InChI is InChI=1S/C44H41ClO9/c1-2-3-4-5-6-7-8-9-29-50-36-21-13-31(14-22-36)41(46)51-37-23-17-33(18-24-37)43(48)54-40-12-10-11-34(30-40)44(49)53-38-25-15-32(16-26-38)42(47)52-39-27-19-35(45)20-28-39/h10-28,30H,2-9,29H2,1H3. The number of carbonyl (C=O) groups excluding carboxylic acids is 4. The number of hydrogen-bond donors (Lipinski definition) is 0. The first-order valence-corrected chi connectivity index (χ1v) is 18.3. The molecular formula is C44H41ClO9. The number of ether oxygens (including phenoxy) is 5. The number of halogens is 1. The molecule has 0 atom stereocenters. The molecule has 0 unspecified atom stereocenters. The molecule has 0 amide bonds. The zero-order valence-electron chi connectivity index (χ0n) is 30.0. The van der Waals surface area contributed by atoms with Crippen LogP contribution in [0.25, 0.3) is 0 Å². The van der Waals surface area contributed by atoms with E-state index in [1.165, 1.54) is 105 Å². The second-order valence-corrected chi connectivity index (χ2v) is 12.9. The van der Waals surface area contributed by atoms with Crippen molar-refractivity contribution < 1.29 is 42.9 Å². The maximum absolute atomic E-state index is 12.9. The van der Waals surface area contributed by atoms with Gasteiger partial charge in [-0.1, -0.05) is 69.5 Å². The zero-order chi connectivity index (χ0) is 38.1. The van der Waals surface area contributed by atoms with E-state index in [1.807, 2.05) is 0 Å². The van der Waals surface area contributed by atoms with Gasteiger partial charge in [0.05, 0.1) is 28.9 Å². The van der Waals surface area contributed by atoms with E-state index in [1.54, 1.807) is 54.6 Å². The number of hydrogen-bond acceptors (Lipinski definition) is 9. The van der Waals surface area contributed by atoms with Gasteiger partial charge in [-0.3, -0.25) is 0 Å². The van der Waals surface area contributed by atoms with Crippen molar-refractivity contribution in [2.45, 2.75) is 58.3 Å². The van der Waals surface area contributed by atoms with Crippen LogP contribution in [0.4, 0.5) is 0 Å². The first kappa shape index (κ1) is 39.3. The van der Waals surface area contributed by atoms with E-state index in [0.717, 1.165) is 12.8 Å². The Balaban J connectivity index is 1.05. The molecule has 0 radical (unpaired) electrons. The molecule has 0 fully saturated rings. The Morgan fingerprint density at radius 1 is 0.426 bits per heavy atom. The summed E-state index contributed by atoms with van der Waals surface area (Å²) in [4.78, 5) is 50.9. The molecule has 0 aliphatic rings. The van der Waals surface area contributed by atoms with Gasteiger partial charge in [0.2, 0.25) is 0 Å². The fraction of sp³-hybridized carbons (Fsp3) is 0.227. The molecule has 0 N–H and O–H groups in total. The highest BCUT2D eigenvalue weighted by Crippen LogP contribution is 2.22. The Kier molecular flexibility index (Phi) is 14.8. The number of esters is 4. The maximum Gasteiger partial charge on any atom is 0.343 e. The fourth-order valence-electron chi connectivity index (χ4n) is 5.28. The van der Waals surface area contributed by atoms with Gasteiger partial charge in [0.15, 0.2) is 0 Å². The largest absolute Gasteiger partial charge is 0.494 e. The maximum atomic E-state index is 12.9. The summed E-state index contributed by atoms with van der Waals surface area (Å²) in [7, 11) is 0. The van der Waals surface area contributed by atoms with Gasteiger partial charge < -0.3 is 23.7 Å². The monoisotopic (exact) mass is 748 g/mol. The van der Waals surface area contributed by atoms with E-state index in [4.69, 9.17) is 35.3 Å². The summed E-state index contributed by atoms with van der Waals surface area (Å²) in [6.07, 6.45) is 9.82. The Hall–Kier alpha value is -5.93. The smallest absolute Gasteiger partial charge is 0.343 e. The van der Waals surface area contributed by atoms with Crippen LogP contribution >= 0.6 is 11.6 Å². The second kappa shape index (κ2) is 20.3. The molecule has 0 aromatic heterocycles. The topological polar surface area (TPSA) is 114 Å². The molecule has 5 aromatic carbocycles.